The fraction of sp³-hybridized carbons (Fsp3) is 0.333. The van der Waals surface area contributed by atoms with Gasteiger partial charge in [0.05, 0.1) is 12.0 Å². The van der Waals surface area contributed by atoms with Gasteiger partial charge in [-0.25, -0.2) is 4.79 Å². The molecule has 0 aliphatic heterocycles. The average Bonchev–Trinajstić information content (AvgIpc) is 2.67. The Morgan fingerprint density at radius 3 is 2.26 bits per heavy atom. The van der Waals surface area contributed by atoms with Crippen LogP contribution in [0.15, 0.2) is 54.6 Å². The van der Waals surface area contributed by atoms with Gasteiger partial charge in [-0.2, -0.15) is 0 Å². The molecule has 27 heavy (non-hydrogen) atoms. The third kappa shape index (κ3) is 5.23. The number of halogens is 1. The topological polar surface area (TPSA) is 78.4 Å². The predicted octanol–water partition coefficient (Wildman–Crippen LogP) is 4.37. The number of carbonyl (C=O) groups excluding carboxylic acids is 1. The minimum absolute atomic E-state index is 0.00335. The summed E-state index contributed by atoms with van der Waals surface area (Å²) in [6.07, 6.45) is 2.54. The highest BCUT2D eigenvalue weighted by atomic mass is 35.5. The highest BCUT2D eigenvalue weighted by Crippen LogP contribution is 2.26. The fourth-order valence-corrected chi connectivity index (χ4v) is 3.73. The van der Waals surface area contributed by atoms with Gasteiger partial charge in [0.15, 0.2) is 0 Å². The van der Waals surface area contributed by atoms with Gasteiger partial charge in [0.25, 0.3) is 0 Å². The summed E-state index contributed by atoms with van der Waals surface area (Å²) in [7, 11) is 0. The minimum atomic E-state index is -0.747. The molecule has 5 nitrogen and oxygen atoms in total. The third-order valence-corrected chi connectivity index (χ3v) is 5.24. The van der Waals surface area contributed by atoms with Crippen LogP contribution < -0.4 is 10.6 Å². The normalized spacial score (nSPS) is 20.5. The first kappa shape index (κ1) is 19.2. The van der Waals surface area contributed by atoms with Crippen molar-refractivity contribution < 1.29 is 14.7 Å². The second kappa shape index (κ2) is 8.91. The molecule has 1 aliphatic rings. The second-order valence-electron chi connectivity index (χ2n) is 6.90. The van der Waals surface area contributed by atoms with Crippen LogP contribution in [0.4, 0.5) is 4.79 Å². The summed E-state index contributed by atoms with van der Waals surface area (Å²) in [6, 6.07) is 16.6. The van der Waals surface area contributed by atoms with E-state index in [0.717, 1.165) is 11.1 Å². The number of hydrogen-bond acceptors (Lipinski definition) is 2. The maximum absolute atomic E-state index is 12.6. The van der Waals surface area contributed by atoms with Crippen molar-refractivity contribution in [2.24, 2.45) is 5.92 Å². The van der Waals surface area contributed by atoms with Gasteiger partial charge in [0, 0.05) is 11.1 Å². The Morgan fingerprint density at radius 1 is 0.963 bits per heavy atom. The quantitative estimate of drug-likeness (QED) is 0.713. The minimum Gasteiger partial charge on any atom is -0.481 e. The molecule has 1 unspecified atom stereocenters. The third-order valence-electron chi connectivity index (χ3n) is 5.00. The summed E-state index contributed by atoms with van der Waals surface area (Å²) < 4.78 is 0. The van der Waals surface area contributed by atoms with E-state index in [1.54, 1.807) is 6.07 Å². The second-order valence-corrected chi connectivity index (χ2v) is 7.34. The maximum Gasteiger partial charge on any atom is 0.315 e. The van der Waals surface area contributed by atoms with E-state index in [9.17, 15) is 9.59 Å². The Bertz CT molecular complexity index is 789. The molecule has 6 heteroatoms. The number of carbonyl (C=O) groups is 2. The summed E-state index contributed by atoms with van der Waals surface area (Å²) in [5.41, 5.74) is 1.86. The highest BCUT2D eigenvalue weighted by molar-refractivity contribution is 6.30. The van der Waals surface area contributed by atoms with Crippen molar-refractivity contribution in [1.29, 1.82) is 0 Å². The van der Waals surface area contributed by atoms with E-state index in [4.69, 9.17) is 16.7 Å². The summed E-state index contributed by atoms with van der Waals surface area (Å²) in [5.74, 6) is -1.04. The number of carboxylic acids is 1. The van der Waals surface area contributed by atoms with Crippen LogP contribution in [0.3, 0.4) is 0 Å². The molecule has 0 heterocycles. The van der Waals surface area contributed by atoms with E-state index in [1.807, 2.05) is 48.5 Å². The summed E-state index contributed by atoms with van der Waals surface area (Å²) in [6.45, 7) is 0. The van der Waals surface area contributed by atoms with Crippen molar-refractivity contribution in [2.45, 2.75) is 37.8 Å². The van der Waals surface area contributed by atoms with E-state index < -0.39 is 5.97 Å². The van der Waals surface area contributed by atoms with Gasteiger partial charge >= 0.3 is 12.0 Å². The van der Waals surface area contributed by atoms with Crippen LogP contribution in [0.25, 0.3) is 0 Å². The Kier molecular flexibility index (Phi) is 6.35. The maximum atomic E-state index is 12.6. The summed E-state index contributed by atoms with van der Waals surface area (Å²) in [4.78, 5) is 23.7. The van der Waals surface area contributed by atoms with E-state index in [-0.39, 0.29) is 24.0 Å². The molecule has 1 saturated carbocycles. The van der Waals surface area contributed by atoms with Gasteiger partial charge in [-0.3, -0.25) is 4.79 Å². The molecule has 3 rings (SSSR count). The molecule has 1 atom stereocenters. The molecule has 1 fully saturated rings. The molecule has 2 aromatic rings. The monoisotopic (exact) mass is 386 g/mol. The van der Waals surface area contributed by atoms with Gasteiger partial charge in [0.1, 0.15) is 0 Å². The highest BCUT2D eigenvalue weighted by Gasteiger charge is 2.27. The molecular formula is C21H23ClN2O3. The van der Waals surface area contributed by atoms with Crippen LogP contribution in [0.1, 0.15) is 42.9 Å². The lowest BCUT2D eigenvalue weighted by Gasteiger charge is -2.28. The van der Waals surface area contributed by atoms with Gasteiger partial charge < -0.3 is 15.7 Å². The molecule has 142 valence electrons. The number of urea groups is 1. The molecule has 0 bridgehead atoms. The first-order valence-electron chi connectivity index (χ1n) is 9.13. The van der Waals surface area contributed by atoms with Gasteiger partial charge in [-0.1, -0.05) is 54.1 Å². The summed E-state index contributed by atoms with van der Waals surface area (Å²) in [5, 5.41) is 15.7. The Morgan fingerprint density at radius 2 is 1.63 bits per heavy atom. The molecule has 0 spiro atoms. The average molecular weight is 387 g/mol. The lowest BCUT2D eigenvalue weighted by molar-refractivity contribution is -0.142. The zero-order valence-corrected chi connectivity index (χ0v) is 15.7. The van der Waals surface area contributed by atoms with E-state index >= 15 is 0 Å². The first-order valence-corrected chi connectivity index (χ1v) is 9.51. The van der Waals surface area contributed by atoms with Crippen molar-refractivity contribution in [2.75, 3.05) is 0 Å². The van der Waals surface area contributed by atoms with Crippen molar-refractivity contribution in [3.63, 3.8) is 0 Å². The lowest BCUT2D eigenvalue weighted by Crippen LogP contribution is -2.45. The van der Waals surface area contributed by atoms with Crippen LogP contribution in [0.5, 0.6) is 0 Å². The largest absolute Gasteiger partial charge is 0.481 e. The van der Waals surface area contributed by atoms with Crippen LogP contribution in [0.2, 0.25) is 5.02 Å². The molecule has 0 aromatic heterocycles. The number of nitrogens with one attached hydrogen (secondary N) is 2. The van der Waals surface area contributed by atoms with Crippen molar-refractivity contribution in [3.8, 4) is 0 Å². The molecule has 1 aliphatic carbocycles. The standard InChI is InChI=1S/C21H23ClN2O3/c22-17-8-4-7-16(13-17)19(14-5-2-1-3-6-14)24-21(27)23-18-11-9-15(10-12-18)20(25)26/h1-8,13,15,18-19H,9-12H2,(H,25,26)(H2,23,24,27). The molecular weight excluding hydrogens is 364 g/mol. The Balaban J connectivity index is 1.67. The van der Waals surface area contributed by atoms with Gasteiger partial charge in [0.2, 0.25) is 0 Å². The molecule has 2 aromatic carbocycles. The summed E-state index contributed by atoms with van der Waals surface area (Å²) >= 11 is 6.13. The zero-order chi connectivity index (χ0) is 19.2. The Labute approximate surface area is 163 Å². The smallest absolute Gasteiger partial charge is 0.315 e. The predicted molar refractivity (Wildman–Crippen MR) is 105 cm³/mol. The van der Waals surface area contributed by atoms with E-state index in [1.165, 1.54) is 0 Å². The fourth-order valence-electron chi connectivity index (χ4n) is 3.53. The SMILES string of the molecule is O=C(NC1CCC(C(=O)O)CC1)NC(c1ccccc1)c1cccc(Cl)c1. The zero-order valence-electron chi connectivity index (χ0n) is 14.9. The van der Waals surface area contributed by atoms with Crippen LogP contribution >= 0.6 is 11.6 Å². The van der Waals surface area contributed by atoms with Gasteiger partial charge in [-0.15, -0.1) is 0 Å². The van der Waals surface area contributed by atoms with E-state index in [0.29, 0.717) is 30.7 Å². The van der Waals surface area contributed by atoms with Crippen LogP contribution in [-0.4, -0.2) is 23.1 Å². The first-order chi connectivity index (χ1) is 13.0. The molecule has 0 saturated heterocycles. The van der Waals surface area contributed by atoms with Crippen LogP contribution in [0, 0.1) is 5.92 Å². The van der Waals surface area contributed by atoms with Crippen molar-refractivity contribution in [1.82, 2.24) is 10.6 Å². The number of benzene rings is 2. The van der Waals surface area contributed by atoms with Crippen LogP contribution in [-0.2, 0) is 4.79 Å². The molecule has 0 radical (unpaired) electrons. The number of carboxylic acid groups (broad SMARTS) is 1. The van der Waals surface area contributed by atoms with E-state index in [2.05, 4.69) is 10.6 Å². The van der Waals surface area contributed by atoms with Crippen molar-refractivity contribution in [3.05, 3.63) is 70.7 Å². The Hall–Kier alpha value is -2.53. The van der Waals surface area contributed by atoms with Crippen molar-refractivity contribution >= 4 is 23.6 Å². The lowest BCUT2D eigenvalue weighted by atomic mass is 9.86. The molecule has 3 N–H and O–H groups in total. The number of aliphatic carboxylic acids is 1. The number of amides is 2. The number of hydrogen-bond donors (Lipinski definition) is 3. The molecule has 2 amide bonds. The number of rotatable bonds is 5. The van der Waals surface area contributed by atoms with Gasteiger partial charge in [-0.05, 0) is 48.9 Å².